The van der Waals surface area contributed by atoms with Crippen LogP contribution < -0.4 is 14.8 Å². The van der Waals surface area contributed by atoms with Gasteiger partial charge in [0.2, 0.25) is 5.91 Å². The highest BCUT2D eigenvalue weighted by Gasteiger charge is 2.46. The average Bonchev–Trinajstić information content (AvgIpc) is 3.35. The average molecular weight is 432 g/mol. The molecule has 0 fully saturated rings. The summed E-state index contributed by atoms with van der Waals surface area (Å²) in [5, 5.41) is 3.00. The van der Waals surface area contributed by atoms with Crippen LogP contribution in [0.4, 0.5) is 0 Å². The lowest BCUT2D eigenvalue weighted by molar-refractivity contribution is -0.124. The number of hydrogen-bond acceptors (Lipinski definition) is 5. The molecule has 0 saturated carbocycles. The van der Waals surface area contributed by atoms with Crippen molar-refractivity contribution in [2.45, 2.75) is 24.9 Å². The minimum Gasteiger partial charge on any atom is -0.493 e. The molecule has 164 valence electrons. The number of amides is 2. The van der Waals surface area contributed by atoms with Crippen LogP contribution in [0, 0.1) is 0 Å². The number of carbonyl (C=O) groups excluding carboxylic acids is 2. The topological polar surface area (TPSA) is 81.0 Å². The van der Waals surface area contributed by atoms with Gasteiger partial charge >= 0.3 is 0 Å². The van der Waals surface area contributed by atoms with Crippen LogP contribution in [0.3, 0.4) is 0 Å². The van der Waals surface area contributed by atoms with E-state index >= 15 is 0 Å². The fourth-order valence-electron chi connectivity index (χ4n) is 4.83. The van der Waals surface area contributed by atoms with Gasteiger partial charge in [0.1, 0.15) is 5.76 Å². The molecule has 2 amide bonds. The molecule has 0 radical (unpaired) electrons. The minimum absolute atomic E-state index is 0.0545. The number of furan rings is 1. The molecule has 0 saturated heterocycles. The molecule has 2 aromatic carbocycles. The number of carbonyl (C=O) groups is 2. The summed E-state index contributed by atoms with van der Waals surface area (Å²) >= 11 is 0. The van der Waals surface area contributed by atoms with Gasteiger partial charge in [0.25, 0.3) is 5.91 Å². The molecule has 2 unspecified atom stereocenters. The van der Waals surface area contributed by atoms with Crippen LogP contribution in [0.2, 0.25) is 0 Å². The van der Waals surface area contributed by atoms with Gasteiger partial charge in [-0.25, -0.2) is 0 Å². The first-order chi connectivity index (χ1) is 15.6. The number of nitrogens with one attached hydrogen (secondary N) is 1. The number of rotatable bonds is 5. The van der Waals surface area contributed by atoms with Crippen molar-refractivity contribution in [1.82, 2.24) is 10.2 Å². The van der Waals surface area contributed by atoms with Crippen molar-refractivity contribution in [1.29, 1.82) is 0 Å². The van der Waals surface area contributed by atoms with E-state index in [0.29, 0.717) is 35.8 Å². The van der Waals surface area contributed by atoms with Gasteiger partial charge in [-0.3, -0.25) is 9.59 Å². The summed E-state index contributed by atoms with van der Waals surface area (Å²) in [6.07, 6.45) is 2.26. The van der Waals surface area contributed by atoms with Gasteiger partial charge in [0.05, 0.1) is 39.0 Å². The van der Waals surface area contributed by atoms with Crippen molar-refractivity contribution in [3.8, 4) is 11.5 Å². The van der Waals surface area contributed by atoms with E-state index in [1.165, 1.54) is 0 Å². The Morgan fingerprint density at radius 1 is 1.09 bits per heavy atom. The van der Waals surface area contributed by atoms with Crippen LogP contribution >= 0.6 is 0 Å². The lowest BCUT2D eigenvalue weighted by Crippen LogP contribution is -2.50. The molecule has 3 aromatic rings. The molecule has 0 spiro atoms. The zero-order valence-corrected chi connectivity index (χ0v) is 18.0. The molecule has 5 rings (SSSR count). The molecule has 7 heteroatoms. The zero-order valence-electron chi connectivity index (χ0n) is 18.0. The molecule has 0 bridgehead atoms. The molecule has 32 heavy (non-hydrogen) atoms. The van der Waals surface area contributed by atoms with E-state index in [0.717, 1.165) is 16.7 Å². The molecule has 7 nitrogen and oxygen atoms in total. The van der Waals surface area contributed by atoms with E-state index in [2.05, 4.69) is 5.32 Å². The number of methoxy groups -OCH3 is 2. The number of fused-ring (bicyclic) bond motifs is 4. The van der Waals surface area contributed by atoms with Crippen LogP contribution in [-0.2, 0) is 17.8 Å². The third kappa shape index (κ3) is 3.21. The molecule has 3 heterocycles. The predicted molar refractivity (Wildman–Crippen MR) is 117 cm³/mol. The van der Waals surface area contributed by atoms with Crippen LogP contribution in [0.15, 0.2) is 59.2 Å². The summed E-state index contributed by atoms with van der Waals surface area (Å²) in [6.45, 7) is 0.812. The SMILES string of the molecule is COc1cc2c(cc1OC)C1C(C(=O)NCc3ccco3)c3ccccc3C(=O)N1CC2. The van der Waals surface area contributed by atoms with Crippen molar-refractivity contribution in [2.75, 3.05) is 20.8 Å². The van der Waals surface area contributed by atoms with Gasteiger partial charge in [-0.2, -0.15) is 0 Å². The quantitative estimate of drug-likeness (QED) is 0.668. The Kier molecular flexibility index (Phi) is 5.09. The van der Waals surface area contributed by atoms with E-state index in [4.69, 9.17) is 13.9 Å². The van der Waals surface area contributed by atoms with E-state index < -0.39 is 12.0 Å². The molecule has 1 N–H and O–H groups in total. The van der Waals surface area contributed by atoms with Gasteiger partial charge < -0.3 is 24.1 Å². The second-order valence-electron chi connectivity index (χ2n) is 7.96. The number of hydrogen-bond donors (Lipinski definition) is 1. The Morgan fingerprint density at radius 3 is 2.62 bits per heavy atom. The molecule has 2 aliphatic heterocycles. The van der Waals surface area contributed by atoms with E-state index in [-0.39, 0.29) is 18.4 Å². The summed E-state index contributed by atoms with van der Waals surface area (Å²) < 4.78 is 16.4. The van der Waals surface area contributed by atoms with E-state index in [1.54, 1.807) is 32.6 Å². The van der Waals surface area contributed by atoms with Gasteiger partial charge in [0.15, 0.2) is 11.5 Å². The highest BCUT2D eigenvalue weighted by Crippen LogP contribution is 2.48. The first-order valence-corrected chi connectivity index (χ1v) is 10.6. The van der Waals surface area contributed by atoms with E-state index in [1.807, 2.05) is 41.3 Å². The largest absolute Gasteiger partial charge is 0.493 e. The van der Waals surface area contributed by atoms with Crippen LogP contribution in [0.5, 0.6) is 11.5 Å². The monoisotopic (exact) mass is 432 g/mol. The minimum atomic E-state index is -0.559. The Morgan fingerprint density at radius 2 is 1.88 bits per heavy atom. The molecule has 2 aliphatic rings. The van der Waals surface area contributed by atoms with Gasteiger partial charge in [-0.05, 0) is 53.4 Å². The zero-order chi connectivity index (χ0) is 22.2. The standard InChI is InChI=1S/C25H24N2O5/c1-30-20-12-15-9-10-27-23(19(15)13-21(20)31-2)22(17-7-3-4-8-18(17)25(27)29)24(28)26-14-16-6-5-11-32-16/h3-8,11-13,22-23H,9-10,14H2,1-2H3,(H,26,28). The smallest absolute Gasteiger partial charge is 0.254 e. The molecular weight excluding hydrogens is 408 g/mol. The third-order valence-corrected chi connectivity index (χ3v) is 6.32. The highest BCUT2D eigenvalue weighted by atomic mass is 16.5. The molecule has 2 atom stereocenters. The van der Waals surface area contributed by atoms with Gasteiger partial charge in [-0.1, -0.05) is 18.2 Å². The number of benzene rings is 2. The van der Waals surface area contributed by atoms with E-state index in [9.17, 15) is 9.59 Å². The van der Waals surface area contributed by atoms with Crippen molar-refractivity contribution in [3.05, 3.63) is 82.8 Å². The third-order valence-electron chi connectivity index (χ3n) is 6.32. The molecular formula is C25H24N2O5. The summed E-state index contributed by atoms with van der Waals surface area (Å²) in [5.74, 6) is 1.12. The lowest BCUT2D eigenvalue weighted by atomic mass is 9.75. The molecule has 1 aromatic heterocycles. The van der Waals surface area contributed by atoms with Gasteiger partial charge in [-0.15, -0.1) is 0 Å². The van der Waals surface area contributed by atoms with Crippen LogP contribution in [-0.4, -0.2) is 37.5 Å². The van der Waals surface area contributed by atoms with Crippen molar-refractivity contribution in [3.63, 3.8) is 0 Å². The van der Waals surface area contributed by atoms with Crippen molar-refractivity contribution < 1.29 is 23.5 Å². The first kappa shape index (κ1) is 20.2. The second-order valence-corrected chi connectivity index (χ2v) is 7.96. The van der Waals surface area contributed by atoms with Crippen LogP contribution in [0.25, 0.3) is 0 Å². The maximum Gasteiger partial charge on any atom is 0.254 e. The summed E-state index contributed by atoms with van der Waals surface area (Å²) in [5.41, 5.74) is 3.28. The summed E-state index contributed by atoms with van der Waals surface area (Å²) in [7, 11) is 3.18. The number of nitrogens with zero attached hydrogens (tertiary/aromatic N) is 1. The first-order valence-electron chi connectivity index (χ1n) is 10.6. The van der Waals surface area contributed by atoms with Crippen LogP contribution in [0.1, 0.15) is 44.8 Å². The van der Waals surface area contributed by atoms with Crippen molar-refractivity contribution in [2.24, 2.45) is 0 Å². The Labute approximate surface area is 185 Å². The van der Waals surface area contributed by atoms with Crippen molar-refractivity contribution >= 4 is 11.8 Å². The summed E-state index contributed by atoms with van der Waals surface area (Å²) in [4.78, 5) is 28.7. The maximum absolute atomic E-state index is 13.6. The fourth-order valence-corrected chi connectivity index (χ4v) is 4.83. The maximum atomic E-state index is 13.6. The summed E-state index contributed by atoms with van der Waals surface area (Å²) in [6, 6.07) is 14.4. The predicted octanol–water partition coefficient (Wildman–Crippen LogP) is 3.45. The Hall–Kier alpha value is -3.74. The Balaban J connectivity index is 1.61. The fraction of sp³-hybridized carbons (Fsp3) is 0.280. The van der Waals surface area contributed by atoms with Gasteiger partial charge in [0, 0.05) is 12.1 Å². The normalized spacial score (nSPS) is 18.9. The highest BCUT2D eigenvalue weighted by molar-refractivity contribution is 6.01. The lowest BCUT2D eigenvalue weighted by Gasteiger charge is -2.45. The second kappa shape index (κ2) is 8.07. The number of ether oxygens (including phenoxy) is 2. The Bertz CT molecular complexity index is 1170. The molecule has 0 aliphatic carbocycles.